The maximum absolute atomic E-state index is 12.6. The van der Waals surface area contributed by atoms with E-state index in [1.807, 2.05) is 30.3 Å². The molecule has 0 radical (unpaired) electrons. The monoisotopic (exact) mass is 299 g/mol. The number of benzene rings is 1. The average Bonchev–Trinajstić information content (AvgIpc) is 2.57. The highest BCUT2D eigenvalue weighted by Gasteiger charge is 2.24. The summed E-state index contributed by atoms with van der Waals surface area (Å²) < 4.78 is 4.96. The molecule has 2 rings (SSSR count). The van der Waals surface area contributed by atoms with Crippen LogP contribution in [-0.2, 0) is 16.0 Å². The van der Waals surface area contributed by atoms with Gasteiger partial charge in [-0.05, 0) is 30.9 Å². The predicted octanol–water partition coefficient (Wildman–Crippen LogP) is 2.00. The largest absolute Gasteiger partial charge is 0.390 e. The minimum atomic E-state index is -0.242. The van der Waals surface area contributed by atoms with Gasteiger partial charge in [0.15, 0.2) is 0 Å². The van der Waals surface area contributed by atoms with Crippen molar-refractivity contribution in [3.63, 3.8) is 0 Å². The fourth-order valence-corrected chi connectivity index (χ4v) is 2.52. The second-order valence-corrected chi connectivity index (χ2v) is 5.16. The van der Waals surface area contributed by atoms with Crippen molar-refractivity contribution in [1.29, 1.82) is 5.26 Å². The lowest BCUT2D eigenvalue weighted by Crippen LogP contribution is -2.36. The van der Waals surface area contributed by atoms with Crippen molar-refractivity contribution in [2.45, 2.75) is 19.3 Å². The number of nitriles is 1. The Kier molecular flexibility index (Phi) is 5.99. The molecule has 0 saturated heterocycles. The number of nitrogens with zero attached hydrogens (tertiary/aromatic N) is 2. The van der Waals surface area contributed by atoms with Crippen LogP contribution >= 0.6 is 0 Å². The van der Waals surface area contributed by atoms with Crippen LogP contribution in [0, 0.1) is 11.3 Å². The maximum Gasteiger partial charge on any atom is 0.270 e. The number of carbonyl (C=O) groups is 1. The molecule has 22 heavy (non-hydrogen) atoms. The van der Waals surface area contributed by atoms with Gasteiger partial charge in [0, 0.05) is 38.7 Å². The maximum atomic E-state index is 12.6. The van der Waals surface area contributed by atoms with E-state index in [9.17, 15) is 10.1 Å². The highest BCUT2D eigenvalue weighted by molar-refractivity contribution is 6.08. The van der Waals surface area contributed by atoms with E-state index in [0.717, 1.165) is 30.5 Å². The van der Waals surface area contributed by atoms with Crippen LogP contribution in [-0.4, -0.2) is 32.7 Å². The van der Waals surface area contributed by atoms with Gasteiger partial charge in [0.1, 0.15) is 11.6 Å². The number of amides is 1. The Bertz CT molecular complexity index is 590. The number of aryl methyl sites for hydroxylation is 1. The van der Waals surface area contributed by atoms with E-state index in [1.54, 1.807) is 12.0 Å². The second kappa shape index (κ2) is 8.20. The molecule has 0 saturated carbocycles. The Hall–Kier alpha value is -2.32. The predicted molar refractivity (Wildman–Crippen MR) is 85.3 cm³/mol. The van der Waals surface area contributed by atoms with Crippen LogP contribution < -0.4 is 10.2 Å². The van der Waals surface area contributed by atoms with Crippen LogP contribution in [0.15, 0.2) is 36.0 Å². The first-order chi connectivity index (χ1) is 10.8. The Morgan fingerprint density at radius 2 is 2.32 bits per heavy atom. The fraction of sp³-hybridized carbons (Fsp3) is 0.412. The third-order valence-corrected chi connectivity index (χ3v) is 3.62. The molecule has 1 aromatic carbocycles. The Morgan fingerprint density at radius 1 is 1.50 bits per heavy atom. The fourth-order valence-electron chi connectivity index (χ4n) is 2.52. The van der Waals surface area contributed by atoms with Crippen LogP contribution in [0.4, 0.5) is 5.69 Å². The van der Waals surface area contributed by atoms with Crippen LogP contribution in [0.3, 0.4) is 0 Å². The van der Waals surface area contributed by atoms with Crippen molar-refractivity contribution in [3.05, 3.63) is 41.6 Å². The Balaban J connectivity index is 2.06. The number of rotatable bonds is 6. The van der Waals surface area contributed by atoms with Crippen LogP contribution in [0.1, 0.15) is 18.4 Å². The average molecular weight is 299 g/mol. The van der Waals surface area contributed by atoms with E-state index in [2.05, 4.69) is 5.32 Å². The summed E-state index contributed by atoms with van der Waals surface area (Å²) in [7, 11) is 1.65. The van der Waals surface area contributed by atoms with E-state index in [-0.39, 0.29) is 11.5 Å². The van der Waals surface area contributed by atoms with Gasteiger partial charge in [-0.15, -0.1) is 0 Å². The molecule has 116 valence electrons. The number of para-hydroxylation sites is 1. The van der Waals surface area contributed by atoms with Gasteiger partial charge in [0.2, 0.25) is 0 Å². The molecule has 5 nitrogen and oxygen atoms in total. The zero-order chi connectivity index (χ0) is 15.8. The summed E-state index contributed by atoms with van der Waals surface area (Å²) in [5.41, 5.74) is 2.21. The van der Waals surface area contributed by atoms with Crippen molar-refractivity contribution in [1.82, 2.24) is 5.32 Å². The van der Waals surface area contributed by atoms with E-state index in [0.29, 0.717) is 19.7 Å². The van der Waals surface area contributed by atoms with E-state index in [1.165, 1.54) is 6.20 Å². The molecule has 1 aliphatic heterocycles. The lowest BCUT2D eigenvalue weighted by molar-refractivity contribution is -0.114. The third-order valence-electron chi connectivity index (χ3n) is 3.62. The summed E-state index contributed by atoms with van der Waals surface area (Å²) in [6.07, 6.45) is 4.23. The number of fused-ring (bicyclic) bond motifs is 1. The van der Waals surface area contributed by atoms with E-state index < -0.39 is 0 Å². The smallest absolute Gasteiger partial charge is 0.270 e. The molecule has 0 spiro atoms. The van der Waals surface area contributed by atoms with Crippen LogP contribution in [0.5, 0.6) is 0 Å². The standard InChI is InChI=1S/C17H21N3O2/c1-22-11-5-9-19-13-15(12-18)17(21)20-10-4-7-14-6-2-3-8-16(14)20/h2-3,6,8,13,19H,4-5,7,9-11H2,1H3/b15-13-. The molecule has 1 N–H and O–H groups in total. The number of methoxy groups -OCH3 is 1. The summed E-state index contributed by atoms with van der Waals surface area (Å²) in [5, 5.41) is 12.3. The minimum Gasteiger partial charge on any atom is -0.390 e. The molecule has 1 heterocycles. The molecular formula is C17H21N3O2. The summed E-state index contributed by atoms with van der Waals surface area (Å²) in [6.45, 7) is 1.97. The Morgan fingerprint density at radius 3 is 3.09 bits per heavy atom. The normalized spacial score (nSPS) is 14.2. The molecule has 0 aromatic heterocycles. The number of anilines is 1. The topological polar surface area (TPSA) is 65.4 Å². The van der Waals surface area contributed by atoms with E-state index in [4.69, 9.17) is 4.74 Å². The molecule has 1 amide bonds. The number of hydrogen-bond acceptors (Lipinski definition) is 4. The first kappa shape index (κ1) is 16.1. The van der Waals surface area contributed by atoms with Crippen molar-refractivity contribution in [2.24, 2.45) is 0 Å². The van der Waals surface area contributed by atoms with Gasteiger partial charge in [-0.3, -0.25) is 4.79 Å². The SMILES string of the molecule is COCCCN/C=C(/C#N)C(=O)N1CCCc2ccccc21. The van der Waals surface area contributed by atoms with Crippen molar-refractivity contribution in [2.75, 3.05) is 31.7 Å². The van der Waals surface area contributed by atoms with Crippen molar-refractivity contribution in [3.8, 4) is 6.07 Å². The van der Waals surface area contributed by atoms with Gasteiger partial charge in [-0.2, -0.15) is 5.26 Å². The zero-order valence-electron chi connectivity index (χ0n) is 12.8. The lowest BCUT2D eigenvalue weighted by Gasteiger charge is -2.29. The number of ether oxygens (including phenoxy) is 1. The van der Waals surface area contributed by atoms with Gasteiger partial charge >= 0.3 is 0 Å². The number of hydrogen-bond donors (Lipinski definition) is 1. The van der Waals surface area contributed by atoms with Gasteiger partial charge in [-0.25, -0.2) is 0 Å². The van der Waals surface area contributed by atoms with Crippen LogP contribution in [0.25, 0.3) is 0 Å². The summed E-state index contributed by atoms with van der Waals surface area (Å²) in [6, 6.07) is 9.87. The number of nitrogens with one attached hydrogen (secondary N) is 1. The third kappa shape index (κ3) is 3.86. The van der Waals surface area contributed by atoms with Crippen molar-refractivity contribution < 1.29 is 9.53 Å². The summed E-state index contributed by atoms with van der Waals surface area (Å²) >= 11 is 0. The first-order valence-corrected chi connectivity index (χ1v) is 7.50. The van der Waals surface area contributed by atoms with Gasteiger partial charge < -0.3 is 15.0 Å². The molecule has 0 bridgehead atoms. The van der Waals surface area contributed by atoms with Crippen LogP contribution in [0.2, 0.25) is 0 Å². The molecule has 1 aromatic rings. The molecule has 0 atom stereocenters. The molecule has 0 aliphatic carbocycles. The van der Waals surface area contributed by atoms with Gasteiger partial charge in [-0.1, -0.05) is 18.2 Å². The highest BCUT2D eigenvalue weighted by Crippen LogP contribution is 2.27. The molecule has 1 aliphatic rings. The molecule has 0 fully saturated rings. The van der Waals surface area contributed by atoms with Crippen molar-refractivity contribution >= 4 is 11.6 Å². The summed E-state index contributed by atoms with van der Waals surface area (Å²) in [4.78, 5) is 14.3. The minimum absolute atomic E-state index is 0.133. The molecular weight excluding hydrogens is 278 g/mol. The highest BCUT2D eigenvalue weighted by atomic mass is 16.5. The van der Waals surface area contributed by atoms with Gasteiger partial charge in [0.05, 0.1) is 0 Å². The molecule has 0 unspecified atom stereocenters. The zero-order valence-corrected chi connectivity index (χ0v) is 12.8. The quantitative estimate of drug-likeness (QED) is 0.496. The van der Waals surface area contributed by atoms with Gasteiger partial charge in [0.25, 0.3) is 5.91 Å². The number of carbonyl (C=O) groups excluding carboxylic acids is 1. The first-order valence-electron chi connectivity index (χ1n) is 7.50. The molecule has 5 heteroatoms. The summed E-state index contributed by atoms with van der Waals surface area (Å²) in [5.74, 6) is -0.242. The van der Waals surface area contributed by atoms with E-state index >= 15 is 0 Å². The Labute approximate surface area is 131 Å². The second-order valence-electron chi connectivity index (χ2n) is 5.16. The lowest BCUT2D eigenvalue weighted by atomic mass is 10.0.